The Hall–Kier alpha value is -2.26. The molecule has 1 N–H and O–H groups in total. The van der Waals surface area contributed by atoms with E-state index in [1.54, 1.807) is 4.90 Å². The molecule has 2 aliphatic rings. The van der Waals surface area contributed by atoms with E-state index in [1.807, 2.05) is 72.7 Å². The van der Waals surface area contributed by atoms with Crippen LogP contribution in [0.3, 0.4) is 0 Å². The molecule has 0 spiro atoms. The standard InChI is InChI=1S/C24H37BN2O6/c1-22(2,3)31-21(29)26-18-11-9-13-27(15-18)20(28)16-30-19-12-8-10-17(14-19)25-32-23(4,5)24(6,7)33-25/h8,10,12,14,18H,9,11,13,15-16H2,1-7H3,(H,26,29)/t18-/m0/s1. The molecule has 0 bridgehead atoms. The molecule has 0 aromatic heterocycles. The number of nitrogens with one attached hydrogen (secondary N) is 1. The van der Waals surface area contributed by atoms with Crippen LogP contribution in [-0.4, -0.2) is 66.6 Å². The van der Waals surface area contributed by atoms with E-state index in [2.05, 4.69) is 5.32 Å². The van der Waals surface area contributed by atoms with Crippen molar-refractivity contribution >= 4 is 24.6 Å². The van der Waals surface area contributed by atoms with Crippen molar-refractivity contribution < 1.29 is 28.4 Å². The molecule has 0 unspecified atom stereocenters. The van der Waals surface area contributed by atoms with E-state index in [-0.39, 0.29) is 18.6 Å². The summed E-state index contributed by atoms with van der Waals surface area (Å²) in [6.45, 7) is 14.5. The van der Waals surface area contributed by atoms with Crippen molar-refractivity contribution in [2.45, 2.75) is 84.2 Å². The maximum Gasteiger partial charge on any atom is 0.494 e. The lowest BCUT2D eigenvalue weighted by molar-refractivity contribution is -0.134. The van der Waals surface area contributed by atoms with Gasteiger partial charge in [-0.05, 0) is 78.9 Å². The van der Waals surface area contributed by atoms with Crippen molar-refractivity contribution in [1.82, 2.24) is 10.2 Å². The Bertz CT molecular complexity index is 851. The molecular weight excluding hydrogens is 423 g/mol. The molecule has 0 radical (unpaired) electrons. The molecule has 1 aromatic rings. The number of piperidine rings is 1. The summed E-state index contributed by atoms with van der Waals surface area (Å²) in [7, 11) is -0.490. The second-order valence-corrected chi connectivity index (χ2v) is 10.8. The summed E-state index contributed by atoms with van der Waals surface area (Å²) in [4.78, 5) is 26.5. The Morgan fingerprint density at radius 2 is 1.85 bits per heavy atom. The molecule has 3 rings (SSSR count). The summed E-state index contributed by atoms with van der Waals surface area (Å²) in [5.41, 5.74) is -0.569. The smallest absolute Gasteiger partial charge is 0.484 e. The van der Waals surface area contributed by atoms with Gasteiger partial charge in [0.25, 0.3) is 5.91 Å². The molecule has 9 heteroatoms. The Labute approximate surface area is 197 Å². The minimum absolute atomic E-state index is 0.0774. The fraction of sp³-hybridized carbons (Fsp3) is 0.667. The number of likely N-dealkylation sites (tertiary alicyclic amines) is 1. The van der Waals surface area contributed by atoms with Gasteiger partial charge in [0.2, 0.25) is 0 Å². The fourth-order valence-electron chi connectivity index (χ4n) is 3.76. The van der Waals surface area contributed by atoms with E-state index in [9.17, 15) is 9.59 Å². The zero-order chi connectivity index (χ0) is 24.4. The van der Waals surface area contributed by atoms with E-state index in [0.717, 1.165) is 18.3 Å². The van der Waals surface area contributed by atoms with Gasteiger partial charge >= 0.3 is 13.2 Å². The van der Waals surface area contributed by atoms with Gasteiger partial charge in [0.05, 0.1) is 11.2 Å². The van der Waals surface area contributed by atoms with Crippen molar-refractivity contribution in [2.24, 2.45) is 0 Å². The number of ether oxygens (including phenoxy) is 2. The average molecular weight is 460 g/mol. The fourth-order valence-corrected chi connectivity index (χ4v) is 3.76. The molecule has 0 aliphatic carbocycles. The largest absolute Gasteiger partial charge is 0.494 e. The van der Waals surface area contributed by atoms with Crippen LogP contribution in [0.1, 0.15) is 61.3 Å². The monoisotopic (exact) mass is 460 g/mol. The lowest BCUT2D eigenvalue weighted by Gasteiger charge is -2.33. The number of amides is 2. The summed E-state index contributed by atoms with van der Waals surface area (Å²) in [5, 5.41) is 2.86. The number of nitrogens with zero attached hydrogens (tertiary/aromatic N) is 1. The Balaban J connectivity index is 1.52. The Kier molecular flexibility index (Phi) is 7.34. The molecule has 2 amide bonds. The summed E-state index contributed by atoms with van der Waals surface area (Å²) in [6, 6.07) is 7.31. The van der Waals surface area contributed by atoms with Crippen LogP contribution in [-0.2, 0) is 18.8 Å². The number of rotatable bonds is 5. The van der Waals surface area contributed by atoms with Crippen LogP contribution in [0.15, 0.2) is 24.3 Å². The molecule has 182 valence electrons. The van der Waals surface area contributed by atoms with E-state index >= 15 is 0 Å². The van der Waals surface area contributed by atoms with Gasteiger partial charge in [0, 0.05) is 19.1 Å². The Morgan fingerprint density at radius 1 is 1.18 bits per heavy atom. The van der Waals surface area contributed by atoms with E-state index < -0.39 is 30.0 Å². The van der Waals surface area contributed by atoms with Crippen LogP contribution in [0.25, 0.3) is 0 Å². The van der Waals surface area contributed by atoms with Gasteiger partial charge in [0.15, 0.2) is 6.61 Å². The molecule has 2 heterocycles. The highest BCUT2D eigenvalue weighted by Crippen LogP contribution is 2.36. The second kappa shape index (κ2) is 9.54. The van der Waals surface area contributed by atoms with Crippen molar-refractivity contribution in [2.75, 3.05) is 19.7 Å². The number of hydrogen-bond acceptors (Lipinski definition) is 6. The molecule has 2 fully saturated rings. The summed E-state index contributed by atoms with van der Waals surface area (Å²) >= 11 is 0. The van der Waals surface area contributed by atoms with Gasteiger partial charge in [-0.25, -0.2) is 4.79 Å². The minimum atomic E-state index is -0.559. The third kappa shape index (κ3) is 6.63. The van der Waals surface area contributed by atoms with Crippen LogP contribution in [0.5, 0.6) is 5.75 Å². The van der Waals surface area contributed by atoms with Gasteiger partial charge < -0.3 is 29.0 Å². The first kappa shape index (κ1) is 25.4. The summed E-state index contributed by atoms with van der Waals surface area (Å²) < 4.78 is 23.3. The van der Waals surface area contributed by atoms with Gasteiger partial charge in [-0.2, -0.15) is 0 Å². The molecule has 2 saturated heterocycles. The molecule has 1 aromatic carbocycles. The normalized spacial score (nSPS) is 22.1. The maximum atomic E-state index is 12.8. The van der Waals surface area contributed by atoms with Crippen molar-refractivity contribution in [1.29, 1.82) is 0 Å². The number of carbonyl (C=O) groups excluding carboxylic acids is 2. The molecule has 8 nitrogen and oxygen atoms in total. The maximum absolute atomic E-state index is 12.8. The van der Waals surface area contributed by atoms with Crippen molar-refractivity contribution in [3.05, 3.63) is 24.3 Å². The Morgan fingerprint density at radius 3 is 2.48 bits per heavy atom. The predicted octanol–water partition coefficient (Wildman–Crippen LogP) is 2.88. The van der Waals surface area contributed by atoms with E-state index in [1.165, 1.54) is 0 Å². The minimum Gasteiger partial charge on any atom is -0.484 e. The number of carbonyl (C=O) groups is 2. The number of hydrogen-bond donors (Lipinski definition) is 1. The number of benzene rings is 1. The van der Waals surface area contributed by atoms with Crippen LogP contribution >= 0.6 is 0 Å². The van der Waals surface area contributed by atoms with Crippen LogP contribution < -0.4 is 15.5 Å². The summed E-state index contributed by atoms with van der Waals surface area (Å²) in [5.74, 6) is 0.461. The van der Waals surface area contributed by atoms with Gasteiger partial charge in [-0.1, -0.05) is 12.1 Å². The first-order valence-corrected chi connectivity index (χ1v) is 11.6. The third-order valence-corrected chi connectivity index (χ3v) is 6.24. The SMILES string of the molecule is CC(C)(C)OC(=O)N[C@H]1CCCN(C(=O)COc2cccc(B3OC(C)(C)C(C)(C)O3)c2)C1. The third-order valence-electron chi connectivity index (χ3n) is 6.24. The molecule has 2 aliphatic heterocycles. The molecule has 0 saturated carbocycles. The predicted molar refractivity (Wildman–Crippen MR) is 127 cm³/mol. The lowest BCUT2D eigenvalue weighted by Crippen LogP contribution is -2.51. The van der Waals surface area contributed by atoms with Crippen LogP contribution in [0, 0.1) is 0 Å². The zero-order valence-corrected chi connectivity index (χ0v) is 20.9. The quantitative estimate of drug-likeness (QED) is 0.681. The topological polar surface area (TPSA) is 86.3 Å². The summed E-state index contributed by atoms with van der Waals surface area (Å²) in [6.07, 6.45) is 1.15. The first-order valence-electron chi connectivity index (χ1n) is 11.6. The average Bonchev–Trinajstić information content (AvgIpc) is 2.92. The second-order valence-electron chi connectivity index (χ2n) is 10.8. The highest BCUT2D eigenvalue weighted by molar-refractivity contribution is 6.62. The van der Waals surface area contributed by atoms with Crippen molar-refractivity contribution in [3.8, 4) is 5.75 Å². The highest BCUT2D eigenvalue weighted by Gasteiger charge is 2.51. The van der Waals surface area contributed by atoms with Gasteiger partial charge in [0.1, 0.15) is 11.4 Å². The van der Waals surface area contributed by atoms with Gasteiger partial charge in [-0.3, -0.25) is 4.79 Å². The molecular formula is C24H37BN2O6. The lowest BCUT2D eigenvalue weighted by atomic mass is 9.79. The van der Waals surface area contributed by atoms with Crippen LogP contribution in [0.4, 0.5) is 4.79 Å². The molecule has 1 atom stereocenters. The zero-order valence-electron chi connectivity index (χ0n) is 20.9. The first-order chi connectivity index (χ1) is 15.3. The highest BCUT2D eigenvalue weighted by atomic mass is 16.7. The molecule has 33 heavy (non-hydrogen) atoms. The van der Waals surface area contributed by atoms with Crippen LogP contribution in [0.2, 0.25) is 0 Å². The number of alkyl carbamates (subject to hydrolysis) is 1. The van der Waals surface area contributed by atoms with Crippen molar-refractivity contribution in [3.63, 3.8) is 0 Å². The van der Waals surface area contributed by atoms with E-state index in [4.69, 9.17) is 18.8 Å². The van der Waals surface area contributed by atoms with E-state index in [0.29, 0.717) is 18.8 Å². The van der Waals surface area contributed by atoms with Gasteiger partial charge in [-0.15, -0.1) is 0 Å².